The van der Waals surface area contributed by atoms with Gasteiger partial charge in [-0.05, 0) is 34.4 Å². The molecule has 0 fully saturated rings. The van der Waals surface area contributed by atoms with E-state index >= 15 is 0 Å². The largest absolute Gasteiger partial charge is 0.318 e. The maximum atomic E-state index is 3.39. The van der Waals surface area contributed by atoms with E-state index in [2.05, 4.69) is 43.3 Å². The van der Waals surface area contributed by atoms with E-state index in [1.165, 1.54) is 16.4 Å². The Morgan fingerprint density at radius 3 is 1.91 bits per heavy atom. The first-order valence-electron chi connectivity index (χ1n) is 4.13. The number of hydrogen-bond donors (Lipinski definition) is 1. The zero-order chi connectivity index (χ0) is 8.85. The fourth-order valence-electron chi connectivity index (χ4n) is 1.10. The lowest BCUT2D eigenvalue weighted by Crippen LogP contribution is -2.47. The molecule has 0 atom stereocenters. The first kappa shape index (κ1) is 11.1. The van der Waals surface area contributed by atoms with Crippen LogP contribution in [0, 0.1) is 0 Å². The van der Waals surface area contributed by atoms with Gasteiger partial charge in [0.2, 0.25) is 0 Å². The molecule has 11 heavy (non-hydrogen) atoms. The van der Waals surface area contributed by atoms with Gasteiger partial charge >= 0.3 is 0 Å². The molecule has 0 aliphatic carbocycles. The van der Waals surface area contributed by atoms with Crippen LogP contribution in [-0.2, 0) is 0 Å². The molecule has 0 heterocycles. The summed E-state index contributed by atoms with van der Waals surface area (Å²) in [6.45, 7) is 1.06. The van der Waals surface area contributed by atoms with E-state index in [0.29, 0.717) is 6.17 Å². The predicted molar refractivity (Wildman–Crippen MR) is 54.0 cm³/mol. The fourth-order valence-corrected chi connectivity index (χ4v) is 1.39. The third-order valence-corrected chi connectivity index (χ3v) is 2.27. The highest BCUT2D eigenvalue weighted by Gasteiger charge is 2.11. The monoisotopic (exact) mass is 175 g/mol. The number of rotatable bonds is 5. The number of nitrogens with one attached hydrogen (secondary N) is 1. The molecule has 68 valence electrons. The Morgan fingerprint density at radius 1 is 1.18 bits per heavy atom. The summed E-state index contributed by atoms with van der Waals surface area (Å²) < 4.78 is 0. The molecular formula is C7H21N3Si. The molecule has 1 N–H and O–H groups in total. The van der Waals surface area contributed by atoms with Crippen molar-refractivity contribution in [1.82, 2.24) is 15.1 Å². The third-order valence-electron chi connectivity index (χ3n) is 1.77. The summed E-state index contributed by atoms with van der Waals surface area (Å²) in [7, 11) is 9.68. The second kappa shape index (κ2) is 5.71. The van der Waals surface area contributed by atoms with E-state index in [-0.39, 0.29) is 0 Å². The summed E-state index contributed by atoms with van der Waals surface area (Å²) in [5.74, 6) is 0. The summed E-state index contributed by atoms with van der Waals surface area (Å²) in [4.78, 5) is 4.45. The zero-order valence-electron chi connectivity index (χ0n) is 8.39. The Morgan fingerprint density at radius 2 is 1.64 bits per heavy atom. The molecule has 0 rings (SSSR count). The molecule has 4 heteroatoms. The molecular weight excluding hydrogens is 154 g/mol. The van der Waals surface area contributed by atoms with Gasteiger partial charge in [-0.2, -0.15) is 0 Å². The lowest BCUT2D eigenvalue weighted by molar-refractivity contribution is 0.129. The Bertz CT molecular complexity index is 87.7. The van der Waals surface area contributed by atoms with Gasteiger partial charge in [0.05, 0.1) is 6.17 Å². The van der Waals surface area contributed by atoms with Gasteiger partial charge < -0.3 is 5.32 Å². The maximum Gasteiger partial charge on any atom is 0.0741 e. The molecule has 0 aromatic rings. The molecule has 0 spiro atoms. The summed E-state index contributed by atoms with van der Waals surface area (Å²) in [5.41, 5.74) is 0. The number of likely N-dealkylation sites (N-methyl/N-ethyl adjacent to an activating group) is 2. The van der Waals surface area contributed by atoms with Crippen molar-refractivity contribution in [3.8, 4) is 0 Å². The lowest BCUT2D eigenvalue weighted by Gasteiger charge is -2.30. The fraction of sp³-hybridized carbons (Fsp3) is 1.00. The average Bonchev–Trinajstić information content (AvgIpc) is 1.87. The van der Waals surface area contributed by atoms with Crippen molar-refractivity contribution < 1.29 is 0 Å². The normalized spacial score (nSPS) is 12.3. The molecule has 0 aromatic carbocycles. The minimum Gasteiger partial charge on any atom is -0.318 e. The van der Waals surface area contributed by atoms with Crippen LogP contribution in [0.4, 0.5) is 0 Å². The van der Waals surface area contributed by atoms with Crippen molar-refractivity contribution in [3.63, 3.8) is 0 Å². The van der Waals surface area contributed by atoms with E-state index in [1.807, 2.05) is 0 Å². The summed E-state index contributed by atoms with van der Waals surface area (Å²) in [6, 6.07) is 0. The van der Waals surface area contributed by atoms with E-state index in [4.69, 9.17) is 0 Å². The zero-order valence-corrected chi connectivity index (χ0v) is 10.4. The molecule has 0 saturated heterocycles. The summed E-state index contributed by atoms with van der Waals surface area (Å²) >= 11 is 0. The highest BCUT2D eigenvalue weighted by atomic mass is 28.1. The number of hydrogen-bond acceptors (Lipinski definition) is 3. The molecule has 0 bridgehead atoms. The van der Waals surface area contributed by atoms with Gasteiger partial charge in [0.25, 0.3) is 0 Å². The van der Waals surface area contributed by atoms with Gasteiger partial charge in [-0.3, -0.25) is 9.80 Å². The molecule has 0 aliphatic rings. The van der Waals surface area contributed by atoms with E-state index < -0.39 is 0 Å². The van der Waals surface area contributed by atoms with Gasteiger partial charge in [0.15, 0.2) is 0 Å². The van der Waals surface area contributed by atoms with Gasteiger partial charge in [-0.25, -0.2) is 0 Å². The standard InChI is InChI=1S/C7H21N3Si/c1-9(2)7(10(3)4)5-8-6-11/h7-8H,5-6H2,1-4,11H3. The van der Waals surface area contributed by atoms with Crippen molar-refractivity contribution in [1.29, 1.82) is 0 Å². The first-order chi connectivity index (χ1) is 5.09. The maximum absolute atomic E-state index is 3.39. The lowest BCUT2D eigenvalue weighted by atomic mass is 10.4. The molecule has 0 saturated carbocycles. The molecule has 0 unspecified atom stereocenters. The van der Waals surface area contributed by atoms with Gasteiger partial charge in [0, 0.05) is 16.8 Å². The van der Waals surface area contributed by atoms with E-state index in [0.717, 1.165) is 6.54 Å². The van der Waals surface area contributed by atoms with Gasteiger partial charge in [0.1, 0.15) is 0 Å². The molecule has 0 aromatic heterocycles. The third kappa shape index (κ3) is 4.52. The van der Waals surface area contributed by atoms with Crippen LogP contribution in [0.1, 0.15) is 0 Å². The van der Waals surface area contributed by atoms with Crippen LogP contribution in [0.3, 0.4) is 0 Å². The second-order valence-electron chi connectivity index (χ2n) is 3.22. The summed E-state index contributed by atoms with van der Waals surface area (Å²) in [5, 5.41) is 3.39. The molecule has 0 aliphatic heterocycles. The first-order valence-corrected chi connectivity index (χ1v) is 5.54. The van der Waals surface area contributed by atoms with Crippen molar-refractivity contribution in [2.45, 2.75) is 6.17 Å². The number of nitrogens with zero attached hydrogens (tertiary/aromatic N) is 2. The van der Waals surface area contributed by atoms with Crippen molar-refractivity contribution in [2.24, 2.45) is 0 Å². The van der Waals surface area contributed by atoms with Crippen LogP contribution >= 0.6 is 0 Å². The molecule has 3 nitrogen and oxygen atoms in total. The Hall–Kier alpha value is 0.0969. The highest BCUT2D eigenvalue weighted by molar-refractivity contribution is 6.08. The summed E-state index contributed by atoms with van der Waals surface area (Å²) in [6.07, 6.45) is 1.70. The van der Waals surface area contributed by atoms with E-state index in [9.17, 15) is 0 Å². The van der Waals surface area contributed by atoms with Crippen LogP contribution < -0.4 is 5.32 Å². The van der Waals surface area contributed by atoms with Crippen LogP contribution in [0.2, 0.25) is 0 Å². The van der Waals surface area contributed by atoms with Crippen LogP contribution in [0.25, 0.3) is 0 Å². The van der Waals surface area contributed by atoms with Crippen LogP contribution in [0.15, 0.2) is 0 Å². The Labute approximate surface area is 73.2 Å². The topological polar surface area (TPSA) is 18.5 Å². The van der Waals surface area contributed by atoms with Crippen LogP contribution in [-0.4, -0.2) is 67.1 Å². The van der Waals surface area contributed by atoms with Crippen molar-refractivity contribution in [2.75, 3.05) is 40.9 Å². The van der Waals surface area contributed by atoms with Crippen molar-refractivity contribution in [3.05, 3.63) is 0 Å². The second-order valence-corrected chi connectivity index (χ2v) is 3.92. The minimum atomic E-state index is 0.518. The van der Waals surface area contributed by atoms with Crippen molar-refractivity contribution >= 4 is 10.2 Å². The predicted octanol–water partition coefficient (Wildman–Crippen LogP) is -1.65. The average molecular weight is 175 g/mol. The minimum absolute atomic E-state index is 0.518. The Balaban J connectivity index is 3.70. The molecule has 0 radical (unpaired) electrons. The van der Waals surface area contributed by atoms with E-state index in [1.54, 1.807) is 0 Å². The quantitative estimate of drug-likeness (QED) is 0.399. The molecule has 0 amide bonds. The SMILES string of the molecule is CN(C)C(CNC[SiH3])N(C)C. The smallest absolute Gasteiger partial charge is 0.0741 e. The van der Waals surface area contributed by atoms with Crippen LogP contribution in [0.5, 0.6) is 0 Å². The Kier molecular flexibility index (Phi) is 5.76. The van der Waals surface area contributed by atoms with Gasteiger partial charge in [-0.15, -0.1) is 0 Å². The highest BCUT2D eigenvalue weighted by Crippen LogP contribution is 1.93. The van der Waals surface area contributed by atoms with Gasteiger partial charge in [-0.1, -0.05) is 0 Å².